The Morgan fingerprint density at radius 3 is 0.961 bits per heavy atom. The van der Waals surface area contributed by atoms with Crippen molar-refractivity contribution in [2.45, 2.75) is 145 Å². The topological polar surface area (TPSA) is 128 Å². The van der Waals surface area contributed by atoms with E-state index < -0.39 is 0 Å². The third kappa shape index (κ3) is 26.3. The summed E-state index contributed by atoms with van der Waals surface area (Å²) in [5.41, 5.74) is 24.9. The van der Waals surface area contributed by atoms with Gasteiger partial charge in [0.2, 0.25) is 0 Å². The van der Waals surface area contributed by atoms with Gasteiger partial charge in [0.25, 0.3) is 0 Å². The molecule has 0 aliphatic heterocycles. The molecule has 9 nitrogen and oxygen atoms in total. The average molecular weight is 2380 g/mol. The first-order valence-corrected chi connectivity index (χ1v) is 42.0. The van der Waals surface area contributed by atoms with Crippen LogP contribution in [0.1, 0.15) is 146 Å². The van der Waals surface area contributed by atoms with E-state index in [-0.39, 0.29) is 119 Å². The predicted octanol–water partition coefficient (Wildman–Crippen LogP) is 29.4. The molecule has 5 heterocycles. The van der Waals surface area contributed by atoms with Crippen LogP contribution in [0.15, 0.2) is 340 Å². The van der Waals surface area contributed by atoms with Crippen LogP contribution >= 0.6 is 0 Å². The van der Waals surface area contributed by atoms with E-state index in [4.69, 9.17) is 25.0 Å². The monoisotopic (exact) mass is 2380 g/mol. The molecular formula is C114H107Ir4N7O2-4. The maximum atomic E-state index is 10.0. The zero-order chi connectivity index (χ0) is 87.2. The molecule has 0 saturated heterocycles. The van der Waals surface area contributed by atoms with Gasteiger partial charge in [-0.2, -0.15) is 0 Å². The van der Waals surface area contributed by atoms with Crippen molar-refractivity contribution in [1.82, 2.24) is 34.9 Å². The Morgan fingerprint density at radius 1 is 0.291 bits per heavy atom. The van der Waals surface area contributed by atoms with Crippen LogP contribution in [0.5, 0.6) is 0 Å². The van der Waals surface area contributed by atoms with Crippen molar-refractivity contribution in [3.63, 3.8) is 0 Å². The van der Waals surface area contributed by atoms with Crippen molar-refractivity contribution in [3.05, 3.63) is 392 Å². The minimum absolute atomic E-state index is 0. The number of carbonyl (C=O) groups excluding carboxylic acids is 1. The fourth-order valence-corrected chi connectivity index (χ4v) is 14.4. The van der Waals surface area contributed by atoms with Gasteiger partial charge in [0.15, 0.2) is 23.3 Å². The number of benzene rings is 12. The maximum absolute atomic E-state index is 10.0. The molecule has 0 amide bonds. The first-order chi connectivity index (χ1) is 58.8. The molecule has 0 fully saturated rings. The van der Waals surface area contributed by atoms with Gasteiger partial charge in [-0.15, -0.1) is 143 Å². The first kappa shape index (κ1) is 99.6. The molecule has 13 heteroatoms. The number of allylic oxidation sites excluding steroid dienone is 2. The Balaban J connectivity index is 0.000000195. The number of pyridine rings is 4. The second kappa shape index (κ2) is 44.0. The molecule has 17 aromatic rings. The number of rotatable bonds is 11. The number of fused-ring (bicyclic) bond motifs is 3. The third-order valence-electron chi connectivity index (χ3n) is 21.5. The molecule has 4 radical (unpaired) electrons. The zero-order valence-electron chi connectivity index (χ0n) is 75.1. The number of ketones is 1. The first-order valence-electron chi connectivity index (χ1n) is 42.0. The van der Waals surface area contributed by atoms with Crippen molar-refractivity contribution in [2.24, 2.45) is 0 Å². The normalized spacial score (nSPS) is 11.4. The summed E-state index contributed by atoms with van der Waals surface area (Å²) in [6.07, 6.45) is 8.59. The average Bonchev–Trinajstić information content (AvgIpc) is 0.799. The summed E-state index contributed by atoms with van der Waals surface area (Å²) in [5, 5.41) is 15.5. The second-order valence-electron chi connectivity index (χ2n) is 36.2. The quantitative estimate of drug-likeness (QED) is 0.0765. The van der Waals surface area contributed by atoms with E-state index in [0.29, 0.717) is 17.5 Å². The smallest absolute Gasteiger partial charge is 0.165 e. The Bertz CT molecular complexity index is 6340. The number of aromatic nitrogens is 7. The molecular weight excluding hydrogens is 2270 g/mol. The second-order valence-corrected chi connectivity index (χ2v) is 36.2. The maximum Gasteiger partial charge on any atom is 0.165 e. The molecule has 650 valence electrons. The van der Waals surface area contributed by atoms with Gasteiger partial charge in [-0.05, 0) is 182 Å². The zero-order valence-corrected chi connectivity index (χ0v) is 84.7. The van der Waals surface area contributed by atoms with Crippen LogP contribution in [0, 0.1) is 24.3 Å². The fourth-order valence-electron chi connectivity index (χ4n) is 14.4. The van der Waals surface area contributed by atoms with Gasteiger partial charge in [-0.25, -0.2) is 15.0 Å². The molecule has 17 rings (SSSR count). The summed E-state index contributed by atoms with van der Waals surface area (Å²) < 4.78 is 0. The van der Waals surface area contributed by atoms with Crippen LogP contribution in [0.4, 0.5) is 0 Å². The Hall–Kier alpha value is -11.2. The van der Waals surface area contributed by atoms with E-state index in [2.05, 4.69) is 355 Å². The number of nitrogens with zero attached hydrogens (tertiary/aromatic N) is 7. The molecule has 12 aromatic carbocycles. The molecule has 0 saturated carbocycles. The van der Waals surface area contributed by atoms with Crippen LogP contribution in [-0.2, 0) is 112 Å². The molecule has 127 heavy (non-hydrogen) atoms. The van der Waals surface area contributed by atoms with E-state index in [1.54, 1.807) is 0 Å². The number of aliphatic hydroxyl groups is 1. The van der Waals surface area contributed by atoms with Crippen molar-refractivity contribution < 1.29 is 90.3 Å². The minimum atomic E-state index is -0.125. The Morgan fingerprint density at radius 2 is 0.622 bits per heavy atom. The van der Waals surface area contributed by atoms with Gasteiger partial charge in [0.1, 0.15) is 0 Å². The SMILES string of the molecule is CC(=O)C=C(C)O.CC(C)(C)c1c[c-]c(-c2nccc3ccccc23)cc1.CC(C)(C)c1ccc(-c2cc(-c3ccc(C(C)(C)C)cc3)cc(-c3cc[c-]c(-c4nccc5ccccc45)c3)c2)cc1.CC(C)(C)c1ccc(-c2nc(-c3ccc(C(C)(C)C)cc3)nc(-c3ccc(-c4[c-]cccc4)nc3)n2)cc1.[Ir].[Ir].[Ir].[Ir].[c-]1ccccc1-c1nccc2ccccc12. The van der Waals surface area contributed by atoms with E-state index >= 15 is 0 Å². The van der Waals surface area contributed by atoms with Crippen LogP contribution < -0.4 is 0 Å². The van der Waals surface area contributed by atoms with Crippen LogP contribution in [0.25, 0.3) is 145 Å². The van der Waals surface area contributed by atoms with Crippen LogP contribution in [0.2, 0.25) is 0 Å². The van der Waals surface area contributed by atoms with Crippen molar-refractivity contribution >= 4 is 38.1 Å². The third-order valence-corrected chi connectivity index (χ3v) is 21.5. The molecule has 0 spiro atoms. The summed E-state index contributed by atoms with van der Waals surface area (Å²) >= 11 is 0. The van der Waals surface area contributed by atoms with Crippen molar-refractivity contribution in [2.75, 3.05) is 0 Å². The molecule has 0 bridgehead atoms. The van der Waals surface area contributed by atoms with E-state index in [1.807, 2.05) is 116 Å². The van der Waals surface area contributed by atoms with Crippen LogP contribution in [-0.4, -0.2) is 45.8 Å². The Kier molecular flexibility index (Phi) is 34.5. The molecule has 0 aliphatic carbocycles. The summed E-state index contributed by atoms with van der Waals surface area (Å²) in [7, 11) is 0. The molecule has 0 unspecified atom stereocenters. The molecule has 0 atom stereocenters. The van der Waals surface area contributed by atoms with Gasteiger partial charge in [0, 0.05) is 128 Å². The van der Waals surface area contributed by atoms with Crippen molar-refractivity contribution in [3.8, 4) is 113 Å². The molecule has 5 aromatic heterocycles. The van der Waals surface area contributed by atoms with Gasteiger partial charge < -0.3 is 25.0 Å². The molecule has 1 N–H and O–H groups in total. The number of hydrogen-bond acceptors (Lipinski definition) is 9. The fraction of sp³-hybridized carbons (Fsp3) is 0.193. The number of hydrogen-bond donors (Lipinski definition) is 1. The van der Waals surface area contributed by atoms with E-state index in [1.165, 1.54) is 102 Å². The summed E-state index contributed by atoms with van der Waals surface area (Å²) in [6, 6.07) is 119. The number of aliphatic hydroxyl groups excluding tert-OH is 1. The van der Waals surface area contributed by atoms with Crippen molar-refractivity contribution in [1.29, 1.82) is 0 Å². The predicted molar refractivity (Wildman–Crippen MR) is 513 cm³/mol. The van der Waals surface area contributed by atoms with E-state index in [9.17, 15) is 4.79 Å². The summed E-state index contributed by atoms with van der Waals surface area (Å²) in [5.74, 6) is 1.82. The van der Waals surface area contributed by atoms with Crippen LogP contribution in [0.3, 0.4) is 0 Å². The summed E-state index contributed by atoms with van der Waals surface area (Å²) in [4.78, 5) is 43.1. The largest absolute Gasteiger partial charge is 0.512 e. The summed E-state index contributed by atoms with van der Waals surface area (Å²) in [6.45, 7) is 36.3. The Labute approximate surface area is 805 Å². The minimum Gasteiger partial charge on any atom is -0.512 e. The van der Waals surface area contributed by atoms with E-state index in [0.717, 1.165) is 72.7 Å². The number of carbonyl (C=O) groups is 1. The van der Waals surface area contributed by atoms with Gasteiger partial charge >= 0.3 is 0 Å². The van der Waals surface area contributed by atoms with Gasteiger partial charge in [-0.3, -0.25) is 4.79 Å². The molecule has 0 aliphatic rings. The van der Waals surface area contributed by atoms with Gasteiger partial charge in [0.05, 0.1) is 5.76 Å². The van der Waals surface area contributed by atoms with Gasteiger partial charge in [-0.1, -0.05) is 286 Å². The standard InChI is InChI=1S/C41H38N.C34H33N4.C19H18N.C15H10N.C5H8O2.4Ir/c1-40(2,3)36-18-14-28(15-19-36)33-25-34(29-16-20-37(21-17-29)41(4,5)6)27-35(26-33)31-11-9-12-32(24-31)39-38-13-8-7-10-30(38)22-23-42-39;1-33(2,3)27-17-12-24(13-18-27)30-36-31(25-14-19-28(20-15-25)34(4,5)6)38-32(37-30)26-16-21-29(35-22-26)23-10-8-7-9-11-23;1-19(2,3)16-10-8-15(9-11-16)18-17-7-5-4-6-14(17)12-13-20-18;1-2-7-13(8-3-1)15-14-9-5-4-6-12(14)10-11-16-15;1-4(6)3-5(2)7;;;;/h7-11,13-27H,1-6H3;7-10,12-22H,1-6H3;4-8,10-13H,1-3H3;1-7,9-11H;3,6H,1-2H3;;;;/q4*-1;;;;;.